The van der Waals surface area contributed by atoms with Gasteiger partial charge in [0.05, 0.1) is 17.7 Å². The van der Waals surface area contributed by atoms with Crippen molar-refractivity contribution in [1.29, 1.82) is 0 Å². The van der Waals surface area contributed by atoms with E-state index in [0.29, 0.717) is 12.2 Å². The van der Waals surface area contributed by atoms with Gasteiger partial charge >= 0.3 is 6.18 Å². The molecule has 0 aliphatic carbocycles. The number of carbonyl (C=O) groups is 1. The Labute approximate surface area is 115 Å². The van der Waals surface area contributed by atoms with Crippen LogP contribution in [0.2, 0.25) is 0 Å². The maximum absolute atomic E-state index is 12.2. The first-order valence-corrected chi connectivity index (χ1v) is 6.31. The van der Waals surface area contributed by atoms with Crippen molar-refractivity contribution in [2.75, 3.05) is 11.9 Å². The smallest absolute Gasteiger partial charge is 0.385 e. The molecule has 0 saturated carbocycles. The van der Waals surface area contributed by atoms with E-state index < -0.39 is 24.5 Å². The van der Waals surface area contributed by atoms with Gasteiger partial charge in [-0.15, -0.1) is 0 Å². The number of carbonyl (C=O) groups excluding carboxylic acids is 1. The molecule has 0 aromatic carbocycles. The molecule has 112 valence electrons. The van der Waals surface area contributed by atoms with E-state index >= 15 is 0 Å². The summed E-state index contributed by atoms with van der Waals surface area (Å²) in [6.07, 6.45) is -4.00. The van der Waals surface area contributed by atoms with Crippen molar-refractivity contribution in [3.8, 4) is 0 Å². The molecular formula is C13H18F3N3O. The van der Waals surface area contributed by atoms with Crippen molar-refractivity contribution in [3.05, 3.63) is 23.5 Å². The number of rotatable bonds is 5. The second kappa shape index (κ2) is 6.58. The van der Waals surface area contributed by atoms with Crippen LogP contribution in [0.25, 0.3) is 0 Å². The van der Waals surface area contributed by atoms with Crippen molar-refractivity contribution in [2.45, 2.75) is 39.4 Å². The largest absolute Gasteiger partial charge is 0.391 e. The predicted molar refractivity (Wildman–Crippen MR) is 70.7 cm³/mol. The van der Waals surface area contributed by atoms with Gasteiger partial charge in [0.2, 0.25) is 0 Å². The van der Waals surface area contributed by atoms with Gasteiger partial charge in [0, 0.05) is 24.5 Å². The van der Waals surface area contributed by atoms with Crippen LogP contribution in [-0.4, -0.2) is 29.7 Å². The first kappa shape index (κ1) is 16.3. The van der Waals surface area contributed by atoms with Crippen molar-refractivity contribution in [2.24, 2.45) is 0 Å². The van der Waals surface area contributed by atoms with E-state index in [2.05, 4.69) is 15.6 Å². The molecule has 0 saturated heterocycles. The first-order chi connectivity index (χ1) is 9.23. The van der Waals surface area contributed by atoms with Crippen LogP contribution in [0.3, 0.4) is 0 Å². The quantitative estimate of drug-likeness (QED) is 0.876. The lowest BCUT2D eigenvalue weighted by Gasteiger charge is -2.17. The summed E-state index contributed by atoms with van der Waals surface area (Å²) in [6.45, 7) is 5.56. The van der Waals surface area contributed by atoms with Gasteiger partial charge in [-0.25, -0.2) is 0 Å². The minimum absolute atomic E-state index is 0.242. The molecule has 1 rings (SSSR count). The standard InChI is InChI=1S/C13H18F3N3O/c1-4-17-11-5-8(2)18-7-10(11)12(20)19-9(3)6-13(14,15)16/h5,7,9H,4,6H2,1-3H3,(H,17,18)(H,19,20). The fourth-order valence-electron chi connectivity index (χ4n) is 1.78. The Morgan fingerprint density at radius 1 is 1.45 bits per heavy atom. The summed E-state index contributed by atoms with van der Waals surface area (Å²) in [5.74, 6) is -0.565. The second-order valence-electron chi connectivity index (χ2n) is 4.60. The molecule has 1 heterocycles. The van der Waals surface area contributed by atoms with Gasteiger partial charge in [-0.05, 0) is 26.8 Å². The number of pyridine rings is 1. The molecule has 20 heavy (non-hydrogen) atoms. The van der Waals surface area contributed by atoms with Crippen molar-refractivity contribution >= 4 is 11.6 Å². The van der Waals surface area contributed by atoms with E-state index in [1.165, 1.54) is 13.1 Å². The number of hydrogen-bond acceptors (Lipinski definition) is 3. The molecule has 1 aromatic heterocycles. The van der Waals surface area contributed by atoms with Crippen molar-refractivity contribution < 1.29 is 18.0 Å². The average Bonchev–Trinajstić information content (AvgIpc) is 2.26. The third-order valence-electron chi connectivity index (χ3n) is 2.57. The number of nitrogens with one attached hydrogen (secondary N) is 2. The third-order valence-corrected chi connectivity index (χ3v) is 2.57. The normalized spacial score (nSPS) is 12.9. The maximum atomic E-state index is 12.2. The highest BCUT2D eigenvalue weighted by Crippen LogP contribution is 2.22. The summed E-state index contributed by atoms with van der Waals surface area (Å²) >= 11 is 0. The highest BCUT2D eigenvalue weighted by atomic mass is 19.4. The lowest BCUT2D eigenvalue weighted by Crippen LogP contribution is -2.36. The number of aromatic nitrogens is 1. The lowest BCUT2D eigenvalue weighted by molar-refractivity contribution is -0.138. The Morgan fingerprint density at radius 3 is 2.65 bits per heavy atom. The summed E-state index contributed by atoms with van der Waals surface area (Å²) in [6, 6.07) is 0.700. The molecule has 0 spiro atoms. The molecule has 0 aliphatic rings. The van der Waals surface area contributed by atoms with Gasteiger partial charge in [0.1, 0.15) is 0 Å². The van der Waals surface area contributed by atoms with Gasteiger partial charge in [0.25, 0.3) is 5.91 Å². The molecule has 7 heteroatoms. The zero-order valence-electron chi connectivity index (χ0n) is 11.6. The first-order valence-electron chi connectivity index (χ1n) is 6.31. The van der Waals surface area contributed by atoms with Crippen molar-refractivity contribution in [3.63, 3.8) is 0 Å². The molecule has 1 unspecified atom stereocenters. The van der Waals surface area contributed by atoms with E-state index in [9.17, 15) is 18.0 Å². The molecule has 2 N–H and O–H groups in total. The van der Waals surface area contributed by atoms with Gasteiger partial charge < -0.3 is 10.6 Å². The number of nitrogens with zero attached hydrogens (tertiary/aromatic N) is 1. The molecule has 1 atom stereocenters. The Hall–Kier alpha value is -1.79. The predicted octanol–water partition coefficient (Wildman–Crippen LogP) is 2.89. The van der Waals surface area contributed by atoms with Crippen LogP contribution in [0.15, 0.2) is 12.3 Å². The van der Waals surface area contributed by atoms with Crippen LogP contribution in [0, 0.1) is 6.92 Å². The summed E-state index contributed by atoms with van der Waals surface area (Å²) in [5.41, 5.74) is 1.53. The summed E-state index contributed by atoms with van der Waals surface area (Å²) in [4.78, 5) is 16.0. The van der Waals surface area contributed by atoms with E-state index in [4.69, 9.17) is 0 Å². The van der Waals surface area contributed by atoms with Gasteiger partial charge in [0.15, 0.2) is 0 Å². The Kier molecular flexibility index (Phi) is 5.35. The van der Waals surface area contributed by atoms with Crippen LogP contribution < -0.4 is 10.6 Å². The Balaban J connectivity index is 2.81. The molecule has 0 bridgehead atoms. The van der Waals surface area contributed by atoms with Gasteiger partial charge in [-0.2, -0.15) is 13.2 Å². The number of halogens is 3. The third kappa shape index (κ3) is 5.07. The van der Waals surface area contributed by atoms with Gasteiger partial charge in [-0.3, -0.25) is 9.78 Å². The van der Waals surface area contributed by atoms with Gasteiger partial charge in [-0.1, -0.05) is 0 Å². The van der Waals surface area contributed by atoms with E-state index in [1.807, 2.05) is 6.92 Å². The van der Waals surface area contributed by atoms with E-state index in [-0.39, 0.29) is 5.56 Å². The molecule has 0 fully saturated rings. The minimum Gasteiger partial charge on any atom is -0.385 e. The topological polar surface area (TPSA) is 54.0 Å². The summed E-state index contributed by atoms with van der Waals surface area (Å²) < 4.78 is 36.7. The van der Waals surface area contributed by atoms with Crippen LogP contribution in [-0.2, 0) is 0 Å². The SMILES string of the molecule is CCNc1cc(C)ncc1C(=O)NC(C)CC(F)(F)F. The average molecular weight is 289 g/mol. The van der Waals surface area contributed by atoms with Crippen LogP contribution in [0.4, 0.5) is 18.9 Å². The molecule has 1 amide bonds. The minimum atomic E-state index is -4.30. The van der Waals surface area contributed by atoms with Crippen LogP contribution >= 0.6 is 0 Å². The highest BCUT2D eigenvalue weighted by molar-refractivity contribution is 5.99. The molecular weight excluding hydrogens is 271 g/mol. The Morgan fingerprint density at radius 2 is 2.10 bits per heavy atom. The maximum Gasteiger partial charge on any atom is 0.391 e. The number of anilines is 1. The second-order valence-corrected chi connectivity index (χ2v) is 4.60. The van der Waals surface area contributed by atoms with E-state index in [1.54, 1.807) is 13.0 Å². The van der Waals surface area contributed by atoms with Crippen molar-refractivity contribution in [1.82, 2.24) is 10.3 Å². The zero-order chi connectivity index (χ0) is 15.3. The molecule has 0 aliphatic heterocycles. The number of alkyl halides is 3. The number of amides is 1. The molecule has 1 aromatic rings. The van der Waals surface area contributed by atoms with Crippen LogP contribution in [0.5, 0.6) is 0 Å². The molecule has 0 radical (unpaired) electrons. The fourth-order valence-corrected chi connectivity index (χ4v) is 1.78. The summed E-state index contributed by atoms with van der Waals surface area (Å²) in [5, 5.41) is 5.33. The highest BCUT2D eigenvalue weighted by Gasteiger charge is 2.30. The zero-order valence-corrected chi connectivity index (χ0v) is 11.6. The monoisotopic (exact) mass is 289 g/mol. The fraction of sp³-hybridized carbons (Fsp3) is 0.538. The summed E-state index contributed by atoms with van der Waals surface area (Å²) in [7, 11) is 0. The number of hydrogen-bond donors (Lipinski definition) is 2. The number of aryl methyl sites for hydroxylation is 1. The molecule has 4 nitrogen and oxygen atoms in total. The van der Waals surface area contributed by atoms with Crippen LogP contribution in [0.1, 0.15) is 36.3 Å². The Bertz CT molecular complexity index is 474. The lowest BCUT2D eigenvalue weighted by atomic mass is 10.1. The van der Waals surface area contributed by atoms with E-state index in [0.717, 1.165) is 5.69 Å².